The highest BCUT2D eigenvalue weighted by Crippen LogP contribution is 2.27. The molecule has 2 aromatic carbocycles. The number of aliphatic hydroxyl groups is 1. The molecule has 0 aromatic heterocycles. The monoisotopic (exact) mass is 273 g/mol. The number of nitrogens with one attached hydrogen (secondary N) is 1. The number of hydrogen-bond donors (Lipinski definition) is 3. The first kappa shape index (κ1) is 14.2. The molecular weight excluding hydrogens is 254 g/mol. The van der Waals surface area contributed by atoms with Crippen LogP contribution in [-0.4, -0.2) is 17.3 Å². The van der Waals surface area contributed by atoms with Gasteiger partial charge in [0.15, 0.2) is 11.5 Å². The summed E-state index contributed by atoms with van der Waals surface area (Å²) in [5.74, 6) is 0.578. The molecule has 3 N–H and O–H groups in total. The van der Waals surface area contributed by atoms with E-state index in [0.717, 1.165) is 16.8 Å². The van der Waals surface area contributed by atoms with Crippen molar-refractivity contribution in [3.05, 3.63) is 53.6 Å². The molecule has 2 rings (SSSR count). The number of ether oxygens (including phenoxy) is 1. The first-order chi connectivity index (χ1) is 9.61. The number of rotatable bonds is 5. The van der Waals surface area contributed by atoms with Crippen LogP contribution in [-0.2, 0) is 6.54 Å². The van der Waals surface area contributed by atoms with Crippen LogP contribution in [0, 0.1) is 0 Å². The maximum Gasteiger partial charge on any atom is 0.160 e. The van der Waals surface area contributed by atoms with E-state index in [1.54, 1.807) is 19.1 Å². The van der Waals surface area contributed by atoms with E-state index in [4.69, 9.17) is 4.74 Å². The maximum absolute atomic E-state index is 9.74. The van der Waals surface area contributed by atoms with E-state index in [0.29, 0.717) is 12.3 Å². The van der Waals surface area contributed by atoms with Crippen molar-refractivity contribution in [1.29, 1.82) is 0 Å². The van der Waals surface area contributed by atoms with Gasteiger partial charge in [-0.3, -0.25) is 0 Å². The summed E-state index contributed by atoms with van der Waals surface area (Å²) in [5.41, 5.74) is 2.67. The first-order valence-electron chi connectivity index (χ1n) is 6.48. The molecule has 0 bridgehead atoms. The van der Waals surface area contributed by atoms with Crippen molar-refractivity contribution in [3.8, 4) is 11.5 Å². The molecule has 0 radical (unpaired) electrons. The lowest BCUT2D eigenvalue weighted by molar-refractivity contribution is 0.200. The number of aromatic hydroxyl groups is 1. The number of anilines is 1. The molecule has 0 aliphatic heterocycles. The summed E-state index contributed by atoms with van der Waals surface area (Å²) in [6.45, 7) is 2.29. The summed E-state index contributed by atoms with van der Waals surface area (Å²) < 4.78 is 5.01. The fourth-order valence-corrected chi connectivity index (χ4v) is 2.07. The fraction of sp³-hybridized carbons (Fsp3) is 0.250. The van der Waals surface area contributed by atoms with Gasteiger partial charge < -0.3 is 20.3 Å². The number of hydrogen-bond acceptors (Lipinski definition) is 4. The highest BCUT2D eigenvalue weighted by Gasteiger charge is 2.07. The van der Waals surface area contributed by atoms with Crippen molar-refractivity contribution in [2.45, 2.75) is 19.6 Å². The van der Waals surface area contributed by atoms with Gasteiger partial charge in [-0.25, -0.2) is 0 Å². The molecule has 1 atom stereocenters. The quantitative estimate of drug-likeness (QED) is 0.783. The Bertz CT molecular complexity index is 582. The minimum absolute atomic E-state index is 0.121. The molecule has 4 heteroatoms. The van der Waals surface area contributed by atoms with E-state index in [1.165, 1.54) is 7.11 Å². The van der Waals surface area contributed by atoms with E-state index >= 15 is 0 Å². The summed E-state index contributed by atoms with van der Waals surface area (Å²) in [7, 11) is 1.52. The summed E-state index contributed by atoms with van der Waals surface area (Å²) in [4.78, 5) is 0. The normalized spacial score (nSPS) is 11.9. The van der Waals surface area contributed by atoms with E-state index in [1.807, 2.05) is 30.3 Å². The van der Waals surface area contributed by atoms with Crippen LogP contribution < -0.4 is 10.1 Å². The zero-order valence-corrected chi connectivity index (χ0v) is 11.6. The molecule has 0 heterocycles. The Morgan fingerprint density at radius 1 is 1.20 bits per heavy atom. The molecule has 4 nitrogen and oxygen atoms in total. The maximum atomic E-state index is 9.74. The average Bonchev–Trinajstić information content (AvgIpc) is 2.45. The summed E-state index contributed by atoms with van der Waals surface area (Å²) in [5, 5.41) is 22.7. The molecule has 0 amide bonds. The van der Waals surface area contributed by atoms with Crippen molar-refractivity contribution in [3.63, 3.8) is 0 Å². The molecule has 0 saturated heterocycles. The van der Waals surface area contributed by atoms with Crippen LogP contribution in [0.5, 0.6) is 11.5 Å². The average molecular weight is 273 g/mol. The Hall–Kier alpha value is -2.20. The predicted molar refractivity (Wildman–Crippen MR) is 79.1 cm³/mol. The van der Waals surface area contributed by atoms with E-state index in [-0.39, 0.29) is 5.75 Å². The van der Waals surface area contributed by atoms with Gasteiger partial charge in [-0.1, -0.05) is 24.3 Å². The van der Waals surface area contributed by atoms with Gasteiger partial charge in [0.1, 0.15) is 0 Å². The van der Waals surface area contributed by atoms with E-state index in [9.17, 15) is 10.2 Å². The van der Waals surface area contributed by atoms with Crippen LogP contribution in [0.2, 0.25) is 0 Å². The van der Waals surface area contributed by atoms with Gasteiger partial charge >= 0.3 is 0 Å². The summed E-state index contributed by atoms with van der Waals surface area (Å²) in [6.07, 6.45) is -0.525. The molecule has 0 fully saturated rings. The van der Waals surface area contributed by atoms with E-state index < -0.39 is 6.10 Å². The van der Waals surface area contributed by atoms with Crippen LogP contribution in [0.15, 0.2) is 42.5 Å². The number of aliphatic hydroxyl groups excluding tert-OH is 1. The molecule has 0 aliphatic carbocycles. The van der Waals surface area contributed by atoms with Gasteiger partial charge in [-0.2, -0.15) is 0 Å². The van der Waals surface area contributed by atoms with Gasteiger partial charge in [-0.05, 0) is 30.7 Å². The number of phenolic OH excluding ortho intramolecular Hbond substituents is 1. The molecule has 2 aromatic rings. The molecular formula is C16H19NO3. The fourth-order valence-electron chi connectivity index (χ4n) is 2.07. The molecule has 20 heavy (non-hydrogen) atoms. The summed E-state index contributed by atoms with van der Waals surface area (Å²) in [6, 6.07) is 12.9. The molecule has 0 saturated carbocycles. The van der Waals surface area contributed by atoms with Crippen molar-refractivity contribution in [2.24, 2.45) is 0 Å². The van der Waals surface area contributed by atoms with Gasteiger partial charge in [0, 0.05) is 17.8 Å². The standard InChI is InChI=1S/C16H19NO3/c1-11(18)13-5-3-4-6-14(13)17-10-12-7-8-16(20-2)15(19)9-12/h3-9,11,17-19H,10H2,1-2H3. The lowest BCUT2D eigenvalue weighted by atomic mass is 10.1. The Morgan fingerprint density at radius 2 is 1.95 bits per heavy atom. The van der Waals surface area contributed by atoms with Crippen molar-refractivity contribution < 1.29 is 14.9 Å². The Balaban J connectivity index is 2.11. The predicted octanol–water partition coefficient (Wildman–Crippen LogP) is 3.07. The largest absolute Gasteiger partial charge is 0.504 e. The molecule has 106 valence electrons. The number of para-hydroxylation sites is 1. The second-order valence-corrected chi connectivity index (χ2v) is 4.62. The van der Waals surface area contributed by atoms with Crippen LogP contribution in [0.25, 0.3) is 0 Å². The van der Waals surface area contributed by atoms with Gasteiger partial charge in [0.2, 0.25) is 0 Å². The smallest absolute Gasteiger partial charge is 0.160 e. The second kappa shape index (κ2) is 6.30. The van der Waals surface area contributed by atoms with Crippen LogP contribution in [0.4, 0.5) is 5.69 Å². The van der Waals surface area contributed by atoms with Gasteiger partial charge in [-0.15, -0.1) is 0 Å². The number of methoxy groups -OCH3 is 1. The molecule has 0 aliphatic rings. The Labute approximate surface area is 118 Å². The van der Waals surface area contributed by atoms with E-state index in [2.05, 4.69) is 5.32 Å². The minimum Gasteiger partial charge on any atom is -0.504 e. The van der Waals surface area contributed by atoms with Crippen LogP contribution >= 0.6 is 0 Å². The minimum atomic E-state index is -0.525. The Kier molecular flexibility index (Phi) is 4.48. The lowest BCUT2D eigenvalue weighted by Crippen LogP contribution is -2.04. The molecule has 0 spiro atoms. The third-order valence-corrected chi connectivity index (χ3v) is 3.14. The van der Waals surface area contributed by atoms with Crippen molar-refractivity contribution >= 4 is 5.69 Å². The third kappa shape index (κ3) is 3.22. The zero-order chi connectivity index (χ0) is 14.5. The van der Waals surface area contributed by atoms with Crippen LogP contribution in [0.1, 0.15) is 24.2 Å². The molecule has 1 unspecified atom stereocenters. The Morgan fingerprint density at radius 3 is 2.60 bits per heavy atom. The van der Waals surface area contributed by atoms with Gasteiger partial charge in [0.05, 0.1) is 13.2 Å². The van der Waals surface area contributed by atoms with Crippen LogP contribution in [0.3, 0.4) is 0 Å². The van der Waals surface area contributed by atoms with Crippen molar-refractivity contribution in [2.75, 3.05) is 12.4 Å². The zero-order valence-electron chi connectivity index (χ0n) is 11.6. The van der Waals surface area contributed by atoms with Gasteiger partial charge in [0.25, 0.3) is 0 Å². The SMILES string of the molecule is COc1ccc(CNc2ccccc2C(C)O)cc1O. The highest BCUT2D eigenvalue weighted by atomic mass is 16.5. The van der Waals surface area contributed by atoms with Crippen molar-refractivity contribution in [1.82, 2.24) is 0 Å². The highest BCUT2D eigenvalue weighted by molar-refractivity contribution is 5.53. The second-order valence-electron chi connectivity index (χ2n) is 4.62. The number of benzene rings is 2. The lowest BCUT2D eigenvalue weighted by Gasteiger charge is -2.14. The third-order valence-electron chi connectivity index (χ3n) is 3.14. The first-order valence-corrected chi connectivity index (χ1v) is 6.48. The topological polar surface area (TPSA) is 61.7 Å². The number of phenols is 1. The summed E-state index contributed by atoms with van der Waals surface area (Å²) >= 11 is 0.